The SMILES string of the molecule is CC(=O)c1ccc2ccc(OC(C)(C)C)cc2c1. The lowest BCUT2D eigenvalue weighted by Gasteiger charge is -2.21. The molecule has 0 saturated heterocycles. The molecule has 0 unspecified atom stereocenters. The Morgan fingerprint density at radius 3 is 2.28 bits per heavy atom. The zero-order valence-electron chi connectivity index (χ0n) is 11.3. The van der Waals surface area contributed by atoms with Crippen LogP contribution < -0.4 is 4.74 Å². The topological polar surface area (TPSA) is 26.3 Å². The van der Waals surface area contributed by atoms with Crippen LogP contribution in [0.25, 0.3) is 10.8 Å². The molecule has 18 heavy (non-hydrogen) atoms. The molecule has 0 aliphatic rings. The second kappa shape index (κ2) is 4.45. The maximum atomic E-state index is 11.4. The van der Waals surface area contributed by atoms with Crippen molar-refractivity contribution in [1.29, 1.82) is 0 Å². The Kier molecular flexibility index (Phi) is 3.12. The number of hydrogen-bond donors (Lipinski definition) is 0. The van der Waals surface area contributed by atoms with Gasteiger partial charge in [-0.25, -0.2) is 0 Å². The first-order valence-corrected chi connectivity index (χ1v) is 6.09. The van der Waals surface area contributed by atoms with Gasteiger partial charge in [0.15, 0.2) is 5.78 Å². The molecule has 2 heteroatoms. The minimum Gasteiger partial charge on any atom is -0.488 e. The van der Waals surface area contributed by atoms with Crippen LogP contribution in [0.4, 0.5) is 0 Å². The highest BCUT2D eigenvalue weighted by Crippen LogP contribution is 2.25. The third kappa shape index (κ3) is 2.89. The van der Waals surface area contributed by atoms with Gasteiger partial charge in [0.1, 0.15) is 11.4 Å². The summed E-state index contributed by atoms with van der Waals surface area (Å²) < 4.78 is 5.83. The molecule has 0 aliphatic carbocycles. The largest absolute Gasteiger partial charge is 0.488 e. The number of Topliss-reactive ketones (excluding diaryl/α,β-unsaturated/α-hetero) is 1. The number of carbonyl (C=O) groups excluding carboxylic acids is 1. The highest BCUT2D eigenvalue weighted by molar-refractivity contribution is 5.98. The van der Waals surface area contributed by atoms with Crippen LogP contribution >= 0.6 is 0 Å². The van der Waals surface area contributed by atoms with E-state index >= 15 is 0 Å². The lowest BCUT2D eigenvalue weighted by atomic mass is 10.0. The van der Waals surface area contributed by atoms with E-state index in [1.54, 1.807) is 6.92 Å². The average molecular weight is 242 g/mol. The van der Waals surface area contributed by atoms with Crippen molar-refractivity contribution in [2.24, 2.45) is 0 Å². The maximum Gasteiger partial charge on any atom is 0.159 e. The van der Waals surface area contributed by atoms with Crippen LogP contribution in [0.1, 0.15) is 38.1 Å². The summed E-state index contributed by atoms with van der Waals surface area (Å²) in [6.07, 6.45) is 0. The first-order chi connectivity index (χ1) is 8.35. The lowest BCUT2D eigenvalue weighted by Crippen LogP contribution is -2.22. The molecule has 0 atom stereocenters. The number of ketones is 1. The van der Waals surface area contributed by atoms with Crippen LogP contribution in [0.3, 0.4) is 0 Å². The Balaban J connectivity index is 2.45. The van der Waals surface area contributed by atoms with Gasteiger partial charge in [-0.15, -0.1) is 0 Å². The number of carbonyl (C=O) groups is 1. The molecule has 0 bridgehead atoms. The van der Waals surface area contributed by atoms with Gasteiger partial charge in [0.05, 0.1) is 0 Å². The average Bonchev–Trinajstić information content (AvgIpc) is 2.25. The molecule has 0 fully saturated rings. The minimum absolute atomic E-state index is 0.0824. The van der Waals surface area contributed by atoms with Crippen LogP contribution in [0.2, 0.25) is 0 Å². The van der Waals surface area contributed by atoms with E-state index in [-0.39, 0.29) is 11.4 Å². The van der Waals surface area contributed by atoms with E-state index in [2.05, 4.69) is 0 Å². The first-order valence-electron chi connectivity index (χ1n) is 6.09. The molecule has 0 saturated carbocycles. The molecular weight excluding hydrogens is 224 g/mol. The molecule has 0 aromatic heterocycles. The molecule has 0 spiro atoms. The van der Waals surface area contributed by atoms with Gasteiger partial charge in [0.25, 0.3) is 0 Å². The second-order valence-corrected chi connectivity index (χ2v) is 5.49. The van der Waals surface area contributed by atoms with Gasteiger partial charge in [-0.1, -0.05) is 18.2 Å². The van der Waals surface area contributed by atoms with Gasteiger partial charge in [-0.3, -0.25) is 4.79 Å². The zero-order chi connectivity index (χ0) is 13.3. The summed E-state index contributed by atoms with van der Waals surface area (Å²) in [5, 5.41) is 2.14. The Hall–Kier alpha value is -1.83. The number of benzene rings is 2. The Bertz CT molecular complexity index is 592. The predicted octanol–water partition coefficient (Wildman–Crippen LogP) is 4.22. The summed E-state index contributed by atoms with van der Waals surface area (Å²) >= 11 is 0. The number of ether oxygens (including phenoxy) is 1. The van der Waals surface area contributed by atoms with E-state index in [1.807, 2.05) is 57.2 Å². The molecule has 94 valence electrons. The normalized spacial score (nSPS) is 11.6. The van der Waals surface area contributed by atoms with E-state index in [0.717, 1.165) is 22.1 Å². The smallest absolute Gasteiger partial charge is 0.159 e. The Labute approximate surface area is 108 Å². The zero-order valence-corrected chi connectivity index (χ0v) is 11.3. The fraction of sp³-hybridized carbons (Fsp3) is 0.312. The molecular formula is C16H18O2. The Morgan fingerprint density at radius 2 is 1.67 bits per heavy atom. The quantitative estimate of drug-likeness (QED) is 0.737. The molecule has 2 aromatic carbocycles. The van der Waals surface area contributed by atoms with Crippen molar-refractivity contribution >= 4 is 16.6 Å². The van der Waals surface area contributed by atoms with Crippen LogP contribution in [0, 0.1) is 0 Å². The van der Waals surface area contributed by atoms with Crippen molar-refractivity contribution < 1.29 is 9.53 Å². The van der Waals surface area contributed by atoms with Crippen molar-refractivity contribution in [2.45, 2.75) is 33.3 Å². The summed E-state index contributed by atoms with van der Waals surface area (Å²) in [6, 6.07) is 11.7. The van der Waals surface area contributed by atoms with Gasteiger partial charge < -0.3 is 4.74 Å². The summed E-state index contributed by atoms with van der Waals surface area (Å²) in [5.74, 6) is 0.912. The fourth-order valence-electron chi connectivity index (χ4n) is 1.86. The van der Waals surface area contributed by atoms with E-state index in [9.17, 15) is 4.79 Å². The van der Waals surface area contributed by atoms with E-state index < -0.39 is 0 Å². The van der Waals surface area contributed by atoms with Crippen molar-refractivity contribution in [2.75, 3.05) is 0 Å². The number of fused-ring (bicyclic) bond motifs is 1. The third-order valence-electron chi connectivity index (χ3n) is 2.64. The molecule has 0 amide bonds. The van der Waals surface area contributed by atoms with Crippen LogP contribution in [0.5, 0.6) is 5.75 Å². The molecule has 2 nitrogen and oxygen atoms in total. The first kappa shape index (κ1) is 12.6. The fourth-order valence-corrected chi connectivity index (χ4v) is 1.86. The minimum atomic E-state index is -0.216. The van der Waals surface area contributed by atoms with Crippen LogP contribution in [0.15, 0.2) is 36.4 Å². The van der Waals surface area contributed by atoms with Gasteiger partial charge in [0, 0.05) is 5.56 Å². The maximum absolute atomic E-state index is 11.4. The Morgan fingerprint density at radius 1 is 1.00 bits per heavy atom. The lowest BCUT2D eigenvalue weighted by molar-refractivity contribution is 0.101. The molecule has 0 heterocycles. The highest BCUT2D eigenvalue weighted by Gasteiger charge is 2.12. The van der Waals surface area contributed by atoms with E-state index in [0.29, 0.717) is 0 Å². The van der Waals surface area contributed by atoms with E-state index in [4.69, 9.17) is 4.74 Å². The van der Waals surface area contributed by atoms with Crippen molar-refractivity contribution in [3.63, 3.8) is 0 Å². The summed E-state index contributed by atoms with van der Waals surface area (Å²) in [4.78, 5) is 11.4. The predicted molar refractivity (Wildman–Crippen MR) is 74.3 cm³/mol. The van der Waals surface area contributed by atoms with E-state index in [1.165, 1.54) is 0 Å². The monoisotopic (exact) mass is 242 g/mol. The van der Waals surface area contributed by atoms with Crippen LogP contribution in [-0.2, 0) is 0 Å². The van der Waals surface area contributed by atoms with Gasteiger partial charge in [-0.05, 0) is 56.7 Å². The standard InChI is InChI=1S/C16H18O2/c1-11(17)13-6-5-12-7-8-15(10-14(12)9-13)18-16(2,3)4/h5-10H,1-4H3. The summed E-state index contributed by atoms with van der Waals surface area (Å²) in [7, 11) is 0. The molecule has 2 rings (SSSR count). The summed E-state index contributed by atoms with van der Waals surface area (Å²) in [6.45, 7) is 7.63. The van der Waals surface area contributed by atoms with Gasteiger partial charge in [-0.2, -0.15) is 0 Å². The summed E-state index contributed by atoms with van der Waals surface area (Å²) in [5.41, 5.74) is 0.515. The van der Waals surface area contributed by atoms with Gasteiger partial charge in [0.2, 0.25) is 0 Å². The molecule has 0 N–H and O–H groups in total. The van der Waals surface area contributed by atoms with Crippen LogP contribution in [-0.4, -0.2) is 11.4 Å². The highest BCUT2D eigenvalue weighted by atomic mass is 16.5. The molecule has 0 radical (unpaired) electrons. The van der Waals surface area contributed by atoms with Gasteiger partial charge >= 0.3 is 0 Å². The molecule has 0 aliphatic heterocycles. The van der Waals surface area contributed by atoms with Crippen molar-refractivity contribution in [3.05, 3.63) is 42.0 Å². The number of hydrogen-bond acceptors (Lipinski definition) is 2. The number of rotatable bonds is 2. The van der Waals surface area contributed by atoms with Crippen molar-refractivity contribution in [3.8, 4) is 5.75 Å². The third-order valence-corrected chi connectivity index (χ3v) is 2.64. The molecule has 2 aromatic rings. The van der Waals surface area contributed by atoms with Crippen molar-refractivity contribution in [1.82, 2.24) is 0 Å². The second-order valence-electron chi connectivity index (χ2n) is 5.49.